The molecule has 0 spiro atoms. The van der Waals surface area contributed by atoms with Crippen molar-refractivity contribution in [3.63, 3.8) is 0 Å². The second-order valence-corrected chi connectivity index (χ2v) is 5.03. The predicted octanol–water partition coefficient (Wildman–Crippen LogP) is 1.41. The minimum atomic E-state index is -1.44. The smallest absolute Gasteiger partial charge is 0.464 e. The van der Waals surface area contributed by atoms with Crippen molar-refractivity contribution in [3.8, 4) is 0 Å². The Balaban J connectivity index is 2.74. The highest BCUT2D eigenvalue weighted by Crippen LogP contribution is 2.29. The van der Waals surface area contributed by atoms with Gasteiger partial charge in [0.2, 0.25) is 0 Å². The number of rotatable bonds is 1. The lowest BCUT2D eigenvalue weighted by atomic mass is 9.75. The van der Waals surface area contributed by atoms with Gasteiger partial charge in [-0.25, -0.2) is 0 Å². The Morgan fingerprint density at radius 2 is 1.88 bits per heavy atom. The van der Waals surface area contributed by atoms with Crippen LogP contribution in [0.15, 0.2) is 28.9 Å². The standard InChI is InChI=1S/C12H15BO3/c1-12(2,3)10-7-9(13(14)15)6-8-4-5-16-11(8)10/h4-7,14-15H,1-3H3. The zero-order valence-corrected chi connectivity index (χ0v) is 9.69. The molecular weight excluding hydrogens is 203 g/mol. The van der Waals surface area contributed by atoms with E-state index in [0.29, 0.717) is 5.46 Å². The summed E-state index contributed by atoms with van der Waals surface area (Å²) >= 11 is 0. The van der Waals surface area contributed by atoms with Gasteiger partial charge in [0.25, 0.3) is 0 Å². The summed E-state index contributed by atoms with van der Waals surface area (Å²) in [6.07, 6.45) is 1.62. The maximum atomic E-state index is 9.24. The largest absolute Gasteiger partial charge is 0.488 e. The van der Waals surface area contributed by atoms with Gasteiger partial charge in [0.1, 0.15) is 5.58 Å². The summed E-state index contributed by atoms with van der Waals surface area (Å²) in [6, 6.07) is 5.35. The fourth-order valence-electron chi connectivity index (χ4n) is 1.81. The summed E-state index contributed by atoms with van der Waals surface area (Å²) in [4.78, 5) is 0. The molecule has 0 saturated heterocycles. The van der Waals surface area contributed by atoms with Crippen molar-refractivity contribution in [1.82, 2.24) is 0 Å². The lowest BCUT2D eigenvalue weighted by molar-refractivity contribution is 0.425. The quantitative estimate of drug-likeness (QED) is 0.711. The Morgan fingerprint density at radius 3 is 2.44 bits per heavy atom. The third kappa shape index (κ3) is 1.86. The Bertz CT molecular complexity index is 508. The third-order valence-electron chi connectivity index (χ3n) is 2.68. The first-order valence-electron chi connectivity index (χ1n) is 5.27. The van der Waals surface area contributed by atoms with Gasteiger partial charge in [-0.3, -0.25) is 0 Å². The van der Waals surface area contributed by atoms with Crippen LogP contribution in [0.1, 0.15) is 26.3 Å². The Morgan fingerprint density at radius 1 is 1.19 bits per heavy atom. The van der Waals surface area contributed by atoms with E-state index < -0.39 is 7.12 Å². The fraction of sp³-hybridized carbons (Fsp3) is 0.333. The van der Waals surface area contributed by atoms with E-state index in [1.54, 1.807) is 18.4 Å². The molecule has 4 heteroatoms. The average molecular weight is 218 g/mol. The van der Waals surface area contributed by atoms with Crippen LogP contribution in [0.5, 0.6) is 0 Å². The molecule has 0 atom stereocenters. The molecule has 0 unspecified atom stereocenters. The van der Waals surface area contributed by atoms with Crippen LogP contribution in [-0.2, 0) is 5.41 Å². The molecule has 0 aliphatic heterocycles. The highest BCUT2D eigenvalue weighted by molar-refractivity contribution is 6.59. The third-order valence-corrected chi connectivity index (χ3v) is 2.68. The number of hydrogen-bond donors (Lipinski definition) is 2. The maximum absolute atomic E-state index is 9.24. The minimum absolute atomic E-state index is 0.0962. The molecule has 0 bridgehead atoms. The van der Waals surface area contributed by atoms with Crippen molar-refractivity contribution in [2.24, 2.45) is 0 Å². The second kappa shape index (κ2) is 3.65. The SMILES string of the molecule is CC(C)(C)c1cc(B(O)O)cc2ccoc12. The molecule has 0 saturated carbocycles. The minimum Gasteiger partial charge on any atom is -0.464 e. The monoisotopic (exact) mass is 218 g/mol. The summed E-state index contributed by atoms with van der Waals surface area (Å²) in [7, 11) is -1.44. The summed E-state index contributed by atoms with van der Waals surface area (Å²) < 4.78 is 5.45. The molecule has 2 N–H and O–H groups in total. The van der Waals surface area contributed by atoms with E-state index in [9.17, 15) is 10.0 Å². The van der Waals surface area contributed by atoms with Crippen LogP contribution in [0.2, 0.25) is 0 Å². The van der Waals surface area contributed by atoms with E-state index >= 15 is 0 Å². The molecule has 1 aromatic carbocycles. The zero-order chi connectivity index (χ0) is 11.9. The van der Waals surface area contributed by atoms with Crippen molar-refractivity contribution < 1.29 is 14.5 Å². The van der Waals surface area contributed by atoms with Gasteiger partial charge >= 0.3 is 7.12 Å². The maximum Gasteiger partial charge on any atom is 0.488 e. The number of hydrogen-bond acceptors (Lipinski definition) is 3. The summed E-state index contributed by atoms with van der Waals surface area (Å²) in [6.45, 7) is 6.20. The first-order valence-corrected chi connectivity index (χ1v) is 5.27. The zero-order valence-electron chi connectivity index (χ0n) is 9.69. The van der Waals surface area contributed by atoms with Crippen LogP contribution in [0.25, 0.3) is 11.0 Å². The topological polar surface area (TPSA) is 53.6 Å². The molecule has 0 amide bonds. The molecule has 1 aromatic heterocycles. The van der Waals surface area contributed by atoms with E-state index in [1.807, 2.05) is 6.07 Å². The van der Waals surface area contributed by atoms with Gasteiger partial charge in [-0.15, -0.1) is 0 Å². The van der Waals surface area contributed by atoms with Gasteiger partial charge in [-0.05, 0) is 16.9 Å². The Hall–Kier alpha value is -1.26. The molecular formula is C12H15BO3. The van der Waals surface area contributed by atoms with Crippen LogP contribution in [0.4, 0.5) is 0 Å². The van der Waals surface area contributed by atoms with Crippen LogP contribution in [0.3, 0.4) is 0 Å². The van der Waals surface area contributed by atoms with Crippen molar-refractivity contribution in [2.75, 3.05) is 0 Å². The van der Waals surface area contributed by atoms with Crippen molar-refractivity contribution >= 4 is 23.6 Å². The number of furan rings is 1. The van der Waals surface area contributed by atoms with E-state index in [4.69, 9.17) is 4.42 Å². The summed E-state index contributed by atoms with van der Waals surface area (Å²) in [5.41, 5.74) is 2.20. The normalized spacial score (nSPS) is 12.1. The van der Waals surface area contributed by atoms with E-state index in [2.05, 4.69) is 20.8 Å². The number of fused-ring (bicyclic) bond motifs is 1. The molecule has 16 heavy (non-hydrogen) atoms. The molecule has 2 aromatic rings. The van der Waals surface area contributed by atoms with Crippen molar-refractivity contribution in [1.29, 1.82) is 0 Å². The molecule has 1 heterocycles. The van der Waals surface area contributed by atoms with Crippen molar-refractivity contribution in [2.45, 2.75) is 26.2 Å². The summed E-state index contributed by atoms with van der Waals surface area (Å²) in [5, 5.41) is 19.4. The molecule has 3 nitrogen and oxygen atoms in total. The highest BCUT2D eigenvalue weighted by Gasteiger charge is 2.22. The van der Waals surface area contributed by atoms with Gasteiger partial charge in [-0.1, -0.05) is 32.9 Å². The second-order valence-electron chi connectivity index (χ2n) is 5.03. The van der Waals surface area contributed by atoms with Gasteiger partial charge in [0, 0.05) is 10.9 Å². The van der Waals surface area contributed by atoms with Gasteiger partial charge < -0.3 is 14.5 Å². The molecule has 84 valence electrons. The molecule has 0 fully saturated rings. The van der Waals surface area contributed by atoms with Crippen LogP contribution >= 0.6 is 0 Å². The molecule has 2 rings (SSSR count). The van der Waals surface area contributed by atoms with Crippen molar-refractivity contribution in [3.05, 3.63) is 30.0 Å². The van der Waals surface area contributed by atoms with E-state index in [0.717, 1.165) is 16.5 Å². The van der Waals surface area contributed by atoms with E-state index in [-0.39, 0.29) is 5.41 Å². The first kappa shape index (κ1) is 11.2. The molecule has 0 radical (unpaired) electrons. The van der Waals surface area contributed by atoms with E-state index in [1.165, 1.54) is 0 Å². The fourth-order valence-corrected chi connectivity index (χ4v) is 1.81. The lowest BCUT2D eigenvalue weighted by Gasteiger charge is -2.20. The Kier molecular flexibility index (Phi) is 2.56. The van der Waals surface area contributed by atoms with Crippen LogP contribution in [-0.4, -0.2) is 17.2 Å². The lowest BCUT2D eigenvalue weighted by Crippen LogP contribution is -2.31. The van der Waals surface area contributed by atoms with Gasteiger partial charge in [-0.2, -0.15) is 0 Å². The predicted molar refractivity (Wildman–Crippen MR) is 64.7 cm³/mol. The highest BCUT2D eigenvalue weighted by atomic mass is 16.4. The average Bonchev–Trinajstić information content (AvgIpc) is 2.61. The summed E-state index contributed by atoms with van der Waals surface area (Å²) in [5.74, 6) is 0. The molecule has 0 aliphatic rings. The van der Waals surface area contributed by atoms with Crippen LogP contribution < -0.4 is 5.46 Å². The van der Waals surface area contributed by atoms with Gasteiger partial charge in [0.05, 0.1) is 6.26 Å². The molecule has 0 aliphatic carbocycles. The van der Waals surface area contributed by atoms with Crippen LogP contribution in [0, 0.1) is 0 Å². The van der Waals surface area contributed by atoms with Gasteiger partial charge in [0.15, 0.2) is 0 Å². The Labute approximate surface area is 94.8 Å². The number of benzene rings is 1. The first-order chi connectivity index (χ1) is 7.39.